The first kappa shape index (κ1) is 13.3. The summed E-state index contributed by atoms with van der Waals surface area (Å²) >= 11 is 0. The standard InChI is InChI=1S/C6H4Cl2OS2.Na/c7-10-5-2-1-4(9)3-6(5)11-8;/h1-3,9H;/q;+1/p-1. The van der Waals surface area contributed by atoms with Gasteiger partial charge < -0.3 is 5.11 Å². The van der Waals surface area contributed by atoms with E-state index in [0.717, 1.165) is 26.8 Å². The van der Waals surface area contributed by atoms with Crippen LogP contribution >= 0.6 is 43.3 Å². The van der Waals surface area contributed by atoms with Crippen molar-refractivity contribution >= 4 is 43.3 Å². The van der Waals surface area contributed by atoms with Gasteiger partial charge in [-0.2, -0.15) is 0 Å². The van der Waals surface area contributed by atoms with Crippen LogP contribution in [0.3, 0.4) is 0 Å². The number of hydrogen-bond donors (Lipinski definition) is 0. The molecule has 0 saturated heterocycles. The number of benzene rings is 1. The minimum Gasteiger partial charge on any atom is -0.872 e. The normalized spacial score (nSPS) is 9.17. The van der Waals surface area contributed by atoms with E-state index in [1.54, 1.807) is 6.07 Å². The first-order valence-electron chi connectivity index (χ1n) is 2.66. The maximum absolute atomic E-state index is 10.8. The van der Waals surface area contributed by atoms with Gasteiger partial charge in [0.25, 0.3) is 0 Å². The molecule has 0 saturated carbocycles. The fourth-order valence-electron chi connectivity index (χ4n) is 0.612. The zero-order chi connectivity index (χ0) is 8.27. The van der Waals surface area contributed by atoms with Crippen molar-refractivity contribution in [3.8, 4) is 5.75 Å². The fraction of sp³-hybridized carbons (Fsp3) is 0. The summed E-state index contributed by atoms with van der Waals surface area (Å²) in [6, 6.07) is 4.58. The molecule has 6 heteroatoms. The smallest absolute Gasteiger partial charge is 0.872 e. The molecule has 0 unspecified atom stereocenters. The Morgan fingerprint density at radius 2 is 1.67 bits per heavy atom. The van der Waals surface area contributed by atoms with Crippen molar-refractivity contribution in [1.82, 2.24) is 0 Å². The summed E-state index contributed by atoms with van der Waals surface area (Å²) in [5.41, 5.74) is 0. The van der Waals surface area contributed by atoms with Crippen LogP contribution in [0.2, 0.25) is 0 Å². The van der Waals surface area contributed by atoms with Gasteiger partial charge >= 0.3 is 29.6 Å². The summed E-state index contributed by atoms with van der Waals surface area (Å²) in [5.74, 6) is -0.0531. The zero-order valence-corrected chi connectivity index (χ0v) is 11.4. The summed E-state index contributed by atoms with van der Waals surface area (Å²) in [4.78, 5) is 1.52. The molecule has 1 nitrogen and oxygen atoms in total. The van der Waals surface area contributed by atoms with Gasteiger partial charge in [-0.1, -0.05) is 12.1 Å². The molecule has 12 heavy (non-hydrogen) atoms. The summed E-state index contributed by atoms with van der Waals surface area (Å²) < 4.78 is 0. The summed E-state index contributed by atoms with van der Waals surface area (Å²) in [6.07, 6.45) is 0. The minimum atomic E-state index is -0.0531. The topological polar surface area (TPSA) is 23.1 Å². The van der Waals surface area contributed by atoms with Crippen LogP contribution in [0.25, 0.3) is 0 Å². The van der Waals surface area contributed by atoms with Gasteiger partial charge in [-0.3, -0.25) is 0 Å². The number of rotatable bonds is 2. The molecular weight excluding hydrogens is 246 g/mol. The molecule has 0 radical (unpaired) electrons. The first-order chi connectivity index (χ1) is 5.27. The zero-order valence-electron chi connectivity index (χ0n) is 6.21. The molecule has 0 fully saturated rings. The monoisotopic (exact) mass is 248 g/mol. The summed E-state index contributed by atoms with van der Waals surface area (Å²) in [5, 5.41) is 10.8. The van der Waals surface area contributed by atoms with E-state index in [-0.39, 0.29) is 35.3 Å². The Hall–Kier alpha value is 1.30. The van der Waals surface area contributed by atoms with Crippen molar-refractivity contribution in [2.45, 2.75) is 9.79 Å². The van der Waals surface area contributed by atoms with Crippen molar-refractivity contribution in [3.05, 3.63) is 18.2 Å². The first-order valence-corrected chi connectivity index (χ1v) is 5.94. The summed E-state index contributed by atoms with van der Waals surface area (Å²) in [6.45, 7) is 0. The van der Waals surface area contributed by atoms with Crippen molar-refractivity contribution in [1.29, 1.82) is 0 Å². The Kier molecular flexibility index (Phi) is 7.44. The molecule has 0 heterocycles. The van der Waals surface area contributed by atoms with E-state index in [1.165, 1.54) is 12.1 Å². The van der Waals surface area contributed by atoms with Gasteiger partial charge in [0.1, 0.15) is 0 Å². The van der Waals surface area contributed by atoms with Crippen LogP contribution in [0.5, 0.6) is 5.75 Å². The third-order valence-electron chi connectivity index (χ3n) is 1.08. The molecule has 0 aliphatic rings. The van der Waals surface area contributed by atoms with Crippen LogP contribution in [-0.4, -0.2) is 0 Å². The maximum atomic E-state index is 10.8. The molecule has 1 rings (SSSR count). The van der Waals surface area contributed by atoms with Crippen LogP contribution < -0.4 is 34.7 Å². The Morgan fingerprint density at radius 3 is 2.17 bits per heavy atom. The Bertz CT molecular complexity index is 259. The molecule has 0 amide bonds. The molecule has 1 aromatic carbocycles. The fourth-order valence-corrected chi connectivity index (χ4v) is 2.48. The van der Waals surface area contributed by atoms with Gasteiger partial charge in [-0.05, 0) is 49.4 Å². The molecule has 0 bridgehead atoms. The third kappa shape index (κ3) is 3.58. The molecule has 0 aliphatic carbocycles. The molecule has 0 aliphatic heterocycles. The molecule has 0 spiro atoms. The molecule has 0 atom stereocenters. The van der Waals surface area contributed by atoms with E-state index in [4.69, 9.17) is 21.4 Å². The second-order valence-corrected chi connectivity index (χ2v) is 3.88. The van der Waals surface area contributed by atoms with Gasteiger partial charge in [-0.25, -0.2) is 0 Å². The quantitative estimate of drug-likeness (QED) is 0.702. The second-order valence-electron chi connectivity index (χ2n) is 1.76. The maximum Gasteiger partial charge on any atom is 1.00 e. The van der Waals surface area contributed by atoms with Gasteiger partial charge in [0.15, 0.2) is 0 Å². The van der Waals surface area contributed by atoms with E-state index >= 15 is 0 Å². The van der Waals surface area contributed by atoms with Crippen LogP contribution in [0.1, 0.15) is 0 Å². The van der Waals surface area contributed by atoms with Crippen LogP contribution in [0, 0.1) is 0 Å². The van der Waals surface area contributed by atoms with E-state index in [9.17, 15) is 5.11 Å². The molecule has 0 N–H and O–H groups in total. The SMILES string of the molecule is [Na+].[O-]c1ccc(SCl)c(SCl)c1. The largest absolute Gasteiger partial charge is 1.00 e. The van der Waals surface area contributed by atoms with E-state index in [0.29, 0.717) is 4.90 Å². The van der Waals surface area contributed by atoms with E-state index in [1.807, 2.05) is 0 Å². The minimum absolute atomic E-state index is 0. The predicted molar refractivity (Wildman–Crippen MR) is 49.3 cm³/mol. The van der Waals surface area contributed by atoms with E-state index in [2.05, 4.69) is 0 Å². The predicted octanol–water partition coefficient (Wildman–Crippen LogP) is 0.256. The number of halogens is 2. The van der Waals surface area contributed by atoms with Crippen molar-refractivity contribution in [2.24, 2.45) is 0 Å². The molecule has 1 aromatic rings. The van der Waals surface area contributed by atoms with Crippen molar-refractivity contribution in [3.63, 3.8) is 0 Å². The number of hydrogen-bond acceptors (Lipinski definition) is 3. The van der Waals surface area contributed by atoms with Gasteiger partial charge in [0, 0.05) is 9.79 Å². The van der Waals surface area contributed by atoms with Crippen LogP contribution in [0.15, 0.2) is 28.0 Å². The molecule has 60 valence electrons. The Labute approximate surface area is 110 Å². The Balaban J connectivity index is 0.00000121. The van der Waals surface area contributed by atoms with Crippen molar-refractivity contribution in [2.75, 3.05) is 0 Å². The van der Waals surface area contributed by atoms with Gasteiger partial charge in [-0.15, -0.1) is 5.75 Å². The van der Waals surface area contributed by atoms with E-state index < -0.39 is 0 Å². The second kappa shape index (κ2) is 6.71. The molecular formula is C6H3Cl2NaOS2. The molecule has 0 aromatic heterocycles. The average molecular weight is 249 g/mol. The third-order valence-corrected chi connectivity index (χ3v) is 3.23. The van der Waals surface area contributed by atoms with Gasteiger partial charge in [0.05, 0.1) is 0 Å². The van der Waals surface area contributed by atoms with Crippen molar-refractivity contribution < 1.29 is 34.7 Å². The summed E-state index contributed by atoms with van der Waals surface area (Å²) in [7, 11) is 13.1. The van der Waals surface area contributed by atoms with Crippen LogP contribution in [-0.2, 0) is 0 Å². The van der Waals surface area contributed by atoms with Crippen LogP contribution in [0.4, 0.5) is 0 Å². The Morgan fingerprint density at radius 1 is 1.08 bits per heavy atom. The average Bonchev–Trinajstić information content (AvgIpc) is 2.04. The van der Waals surface area contributed by atoms with Gasteiger partial charge in [0.2, 0.25) is 0 Å².